The average molecular weight is 288 g/mol. The van der Waals surface area contributed by atoms with Crippen LogP contribution in [0, 0.1) is 11.8 Å². The second-order valence-corrected chi connectivity index (χ2v) is 5.53. The van der Waals surface area contributed by atoms with E-state index >= 15 is 0 Å². The van der Waals surface area contributed by atoms with Gasteiger partial charge in [0.15, 0.2) is 0 Å². The molecule has 0 aliphatic rings. The molecule has 2 aromatic carbocycles. The van der Waals surface area contributed by atoms with Crippen molar-refractivity contribution >= 4 is 15.0 Å². The molecule has 0 aliphatic heterocycles. The second-order valence-electron chi connectivity index (χ2n) is 3.46. The molecule has 0 saturated heterocycles. The molecule has 0 N–H and O–H groups in total. The molecular formula is C15H15NSe. The van der Waals surface area contributed by atoms with E-state index in [1.165, 1.54) is 21.8 Å². The second kappa shape index (κ2) is 8.58. The Morgan fingerprint density at radius 2 is 1.06 bits per heavy atom. The van der Waals surface area contributed by atoms with Gasteiger partial charge in [0.1, 0.15) is 0 Å². The van der Waals surface area contributed by atoms with E-state index in [9.17, 15) is 0 Å². The molecule has 2 heteroatoms. The molecule has 0 radical (unpaired) electrons. The Bertz CT molecular complexity index is 383. The van der Waals surface area contributed by atoms with E-state index in [1.54, 1.807) is 0 Å². The van der Waals surface area contributed by atoms with E-state index < -0.39 is 0 Å². The first-order valence-corrected chi connectivity index (χ1v) is 7.79. The average Bonchev–Trinajstić information content (AvgIpc) is 2.43. The fraction of sp³-hybridized carbons (Fsp3) is 0.133. The standard InChI is InChI=1S/C14H14Se.CHN/c1-3-7-13(8-4-1)11-15-12-14-9-5-2-6-10-14;1-2/h1-10H,11-12H2;1H. The summed E-state index contributed by atoms with van der Waals surface area (Å²) in [6.07, 6.45) is 0. The Morgan fingerprint density at radius 1 is 0.706 bits per heavy atom. The fourth-order valence-electron chi connectivity index (χ4n) is 1.44. The van der Waals surface area contributed by atoms with Gasteiger partial charge in [-0.2, -0.15) is 0 Å². The SMILES string of the molecule is C#N.c1ccc(C[Se]Cc2ccccc2)cc1. The van der Waals surface area contributed by atoms with Crippen molar-refractivity contribution in [2.75, 3.05) is 0 Å². The number of hydrogen-bond acceptors (Lipinski definition) is 1. The summed E-state index contributed by atoms with van der Waals surface area (Å²) in [5, 5.41) is 8.98. The number of nitriles is 1. The zero-order valence-electron chi connectivity index (χ0n) is 9.62. The van der Waals surface area contributed by atoms with Crippen LogP contribution in [0.3, 0.4) is 0 Å². The van der Waals surface area contributed by atoms with Crippen LogP contribution in [0.2, 0.25) is 0 Å². The van der Waals surface area contributed by atoms with E-state index in [1.807, 2.05) is 0 Å². The summed E-state index contributed by atoms with van der Waals surface area (Å²) >= 11 is 0.683. The van der Waals surface area contributed by atoms with Crippen LogP contribution in [0.4, 0.5) is 0 Å². The van der Waals surface area contributed by atoms with Gasteiger partial charge in [0.2, 0.25) is 0 Å². The van der Waals surface area contributed by atoms with Crippen LogP contribution in [0.15, 0.2) is 60.7 Å². The van der Waals surface area contributed by atoms with Crippen molar-refractivity contribution in [3.63, 3.8) is 0 Å². The maximum atomic E-state index is 6.50. The first kappa shape index (κ1) is 13.5. The van der Waals surface area contributed by atoms with Gasteiger partial charge in [0, 0.05) is 6.57 Å². The molecule has 17 heavy (non-hydrogen) atoms. The Kier molecular flexibility index (Phi) is 6.82. The Balaban J connectivity index is 0.000000686. The summed E-state index contributed by atoms with van der Waals surface area (Å²) in [6, 6.07) is 21.5. The van der Waals surface area contributed by atoms with Crippen LogP contribution in [0.25, 0.3) is 0 Å². The molecule has 0 spiro atoms. The van der Waals surface area contributed by atoms with Crippen molar-refractivity contribution in [3.8, 4) is 6.57 Å². The summed E-state index contributed by atoms with van der Waals surface area (Å²) in [5.74, 6) is 0. The molecule has 2 aromatic rings. The first-order chi connectivity index (χ1) is 8.45. The van der Waals surface area contributed by atoms with Crippen molar-refractivity contribution < 1.29 is 0 Å². The molecule has 86 valence electrons. The molecule has 0 fully saturated rings. The maximum absolute atomic E-state index is 6.50. The minimum absolute atomic E-state index is 0.683. The third-order valence-corrected chi connectivity index (χ3v) is 4.48. The van der Waals surface area contributed by atoms with Crippen molar-refractivity contribution in [1.29, 1.82) is 5.26 Å². The van der Waals surface area contributed by atoms with Gasteiger partial charge in [0.05, 0.1) is 0 Å². The number of hydrogen-bond donors (Lipinski definition) is 0. The van der Waals surface area contributed by atoms with Crippen LogP contribution < -0.4 is 0 Å². The number of benzene rings is 2. The van der Waals surface area contributed by atoms with E-state index in [4.69, 9.17) is 5.26 Å². The van der Waals surface area contributed by atoms with Gasteiger partial charge in [-0.15, -0.1) is 0 Å². The molecule has 0 unspecified atom stereocenters. The van der Waals surface area contributed by atoms with Gasteiger partial charge in [-0.25, -0.2) is 5.26 Å². The van der Waals surface area contributed by atoms with E-state index in [0.717, 1.165) is 0 Å². The van der Waals surface area contributed by atoms with Crippen molar-refractivity contribution in [3.05, 3.63) is 71.8 Å². The first-order valence-electron chi connectivity index (χ1n) is 5.36. The van der Waals surface area contributed by atoms with Crippen molar-refractivity contribution in [2.24, 2.45) is 0 Å². The van der Waals surface area contributed by atoms with Crippen LogP contribution >= 0.6 is 0 Å². The van der Waals surface area contributed by atoms with E-state index in [0.29, 0.717) is 15.0 Å². The quantitative estimate of drug-likeness (QED) is 0.792. The summed E-state index contributed by atoms with van der Waals surface area (Å²) in [5.41, 5.74) is 2.93. The molecule has 1 nitrogen and oxygen atoms in total. The topological polar surface area (TPSA) is 23.8 Å². The zero-order valence-corrected chi connectivity index (χ0v) is 11.3. The molecular weight excluding hydrogens is 273 g/mol. The van der Waals surface area contributed by atoms with Crippen LogP contribution in [0.5, 0.6) is 0 Å². The van der Waals surface area contributed by atoms with Crippen LogP contribution in [-0.2, 0) is 10.6 Å². The molecule has 0 amide bonds. The van der Waals surface area contributed by atoms with Gasteiger partial charge in [-0.05, 0) is 0 Å². The van der Waals surface area contributed by atoms with Gasteiger partial charge < -0.3 is 0 Å². The van der Waals surface area contributed by atoms with Gasteiger partial charge >= 0.3 is 97.4 Å². The van der Waals surface area contributed by atoms with Crippen molar-refractivity contribution in [1.82, 2.24) is 0 Å². The third kappa shape index (κ3) is 5.36. The summed E-state index contributed by atoms with van der Waals surface area (Å²) in [6.45, 7) is 3.50. The molecule has 0 atom stereocenters. The van der Waals surface area contributed by atoms with Crippen LogP contribution in [-0.4, -0.2) is 15.0 Å². The summed E-state index contributed by atoms with van der Waals surface area (Å²) in [7, 11) is 0. The molecule has 0 aliphatic carbocycles. The molecule has 0 heterocycles. The minimum atomic E-state index is 0.683. The fourth-order valence-corrected chi connectivity index (χ4v) is 3.45. The van der Waals surface area contributed by atoms with Crippen molar-refractivity contribution in [2.45, 2.75) is 10.6 Å². The van der Waals surface area contributed by atoms with E-state index in [-0.39, 0.29) is 0 Å². The van der Waals surface area contributed by atoms with Gasteiger partial charge in [-0.3, -0.25) is 0 Å². The molecule has 0 aromatic heterocycles. The summed E-state index contributed by atoms with van der Waals surface area (Å²) in [4.78, 5) is 0. The molecule has 0 bridgehead atoms. The number of nitrogens with zero attached hydrogens (tertiary/aromatic N) is 1. The zero-order chi connectivity index (χ0) is 12.3. The molecule has 0 saturated carbocycles. The predicted octanol–water partition coefficient (Wildman–Crippen LogP) is 3.23. The Hall–Kier alpha value is -1.55. The monoisotopic (exact) mass is 289 g/mol. The van der Waals surface area contributed by atoms with Gasteiger partial charge in [-0.1, -0.05) is 0 Å². The normalized spacial score (nSPS) is 9.06. The summed E-state index contributed by atoms with van der Waals surface area (Å²) < 4.78 is 0. The number of rotatable bonds is 4. The predicted molar refractivity (Wildman–Crippen MR) is 72.7 cm³/mol. The van der Waals surface area contributed by atoms with Crippen LogP contribution in [0.1, 0.15) is 11.1 Å². The Morgan fingerprint density at radius 3 is 1.41 bits per heavy atom. The van der Waals surface area contributed by atoms with Gasteiger partial charge in [0.25, 0.3) is 0 Å². The third-order valence-electron chi connectivity index (χ3n) is 2.22. The molecule has 2 rings (SSSR count). The Labute approximate surface area is 109 Å². The van der Waals surface area contributed by atoms with E-state index in [2.05, 4.69) is 67.2 Å².